The van der Waals surface area contributed by atoms with Crippen LogP contribution >= 0.6 is 0 Å². The molecule has 3 aromatic rings. The van der Waals surface area contributed by atoms with Crippen LogP contribution in [-0.4, -0.2) is 13.2 Å². The van der Waals surface area contributed by atoms with Crippen molar-refractivity contribution in [3.05, 3.63) is 83.9 Å². The molecule has 0 saturated heterocycles. The van der Waals surface area contributed by atoms with Gasteiger partial charge in [0.15, 0.2) is 0 Å². The number of benzene rings is 3. The second-order valence-corrected chi connectivity index (χ2v) is 5.77. The van der Waals surface area contributed by atoms with E-state index in [1.54, 1.807) is 4.90 Å². The molecule has 3 heteroatoms. The van der Waals surface area contributed by atoms with Gasteiger partial charge in [0.25, 0.3) is 0 Å². The topological polar surface area (TPSA) is 29.5 Å². The van der Waals surface area contributed by atoms with Crippen molar-refractivity contribution in [3.63, 3.8) is 0 Å². The monoisotopic (exact) mass is 315 g/mol. The van der Waals surface area contributed by atoms with Gasteiger partial charge in [-0.05, 0) is 28.0 Å². The summed E-state index contributed by atoms with van der Waals surface area (Å²) < 4.78 is 5.06. The quantitative estimate of drug-likeness (QED) is 0.619. The highest BCUT2D eigenvalue weighted by Crippen LogP contribution is 2.39. The normalized spacial score (nSPS) is 16.0. The van der Waals surface area contributed by atoms with Crippen LogP contribution < -0.4 is 4.90 Å². The van der Waals surface area contributed by atoms with Gasteiger partial charge in [-0.1, -0.05) is 72.8 Å². The molecule has 0 N–H and O–H groups in total. The largest absolute Gasteiger partial charge is 0.452 e. The number of methoxy groups -OCH3 is 1. The Hall–Kier alpha value is -3.07. The van der Waals surface area contributed by atoms with Crippen LogP contribution in [0, 0.1) is 0 Å². The van der Waals surface area contributed by atoms with E-state index in [1.807, 2.05) is 42.5 Å². The lowest BCUT2D eigenvalue weighted by Crippen LogP contribution is -2.36. The number of hydrogen-bond acceptors (Lipinski definition) is 2. The van der Waals surface area contributed by atoms with Crippen LogP contribution in [-0.2, 0) is 4.74 Å². The highest BCUT2D eigenvalue weighted by atomic mass is 16.5. The first-order valence-electron chi connectivity index (χ1n) is 7.91. The number of hydrogen-bond donors (Lipinski definition) is 0. The fraction of sp³-hybridized carbons (Fsp3) is 0.0952. The first-order chi connectivity index (χ1) is 11.8. The van der Waals surface area contributed by atoms with Crippen LogP contribution in [0.4, 0.5) is 10.5 Å². The summed E-state index contributed by atoms with van der Waals surface area (Å²) in [4.78, 5) is 14.2. The fourth-order valence-electron chi connectivity index (χ4n) is 3.34. The Balaban J connectivity index is 1.92. The molecule has 118 valence electrons. The summed E-state index contributed by atoms with van der Waals surface area (Å²) in [5, 5.41) is 2.30. The van der Waals surface area contributed by atoms with Crippen molar-refractivity contribution in [1.82, 2.24) is 0 Å². The first-order valence-corrected chi connectivity index (χ1v) is 7.91. The Morgan fingerprint density at radius 2 is 1.71 bits per heavy atom. The van der Waals surface area contributed by atoms with E-state index in [9.17, 15) is 4.79 Å². The Morgan fingerprint density at radius 1 is 0.958 bits per heavy atom. The molecule has 0 aromatic heterocycles. The van der Waals surface area contributed by atoms with E-state index in [2.05, 4.69) is 36.4 Å². The molecule has 0 fully saturated rings. The van der Waals surface area contributed by atoms with E-state index in [0.717, 1.165) is 27.6 Å². The van der Waals surface area contributed by atoms with E-state index in [0.29, 0.717) is 0 Å². The predicted octanol–water partition coefficient (Wildman–Crippen LogP) is 5.18. The molecule has 24 heavy (non-hydrogen) atoms. The third-order valence-electron chi connectivity index (χ3n) is 4.45. The Labute approximate surface area is 140 Å². The number of nitrogens with zero attached hydrogens (tertiary/aromatic N) is 1. The van der Waals surface area contributed by atoms with Gasteiger partial charge >= 0.3 is 6.09 Å². The molecule has 3 aromatic carbocycles. The molecule has 0 saturated carbocycles. The van der Waals surface area contributed by atoms with E-state index in [1.165, 1.54) is 7.11 Å². The number of rotatable bonds is 1. The van der Waals surface area contributed by atoms with Crippen molar-refractivity contribution in [2.45, 2.75) is 6.04 Å². The standard InChI is InChI=1S/C21H17NO2/c1-24-21(23)22-19-12-5-3-8-16(19)13-14-20(22)18-11-6-9-15-7-2-4-10-17(15)18/h2-14,20H,1H3/t20-/m1/s1. The van der Waals surface area contributed by atoms with Crippen LogP contribution in [0.15, 0.2) is 72.8 Å². The minimum Gasteiger partial charge on any atom is -0.452 e. The van der Waals surface area contributed by atoms with Crippen molar-refractivity contribution in [2.24, 2.45) is 0 Å². The molecule has 3 nitrogen and oxygen atoms in total. The van der Waals surface area contributed by atoms with Crippen molar-refractivity contribution in [3.8, 4) is 0 Å². The van der Waals surface area contributed by atoms with Gasteiger partial charge in [0.1, 0.15) is 0 Å². The predicted molar refractivity (Wildman–Crippen MR) is 97.0 cm³/mol. The number of para-hydroxylation sites is 1. The molecule has 1 aliphatic rings. The number of ether oxygens (including phenoxy) is 1. The lowest BCUT2D eigenvalue weighted by molar-refractivity contribution is 0.177. The minimum absolute atomic E-state index is 0.196. The minimum atomic E-state index is -0.357. The molecule has 0 unspecified atom stereocenters. The summed E-state index contributed by atoms with van der Waals surface area (Å²) in [6.07, 6.45) is 3.77. The molecular weight excluding hydrogens is 298 g/mol. The van der Waals surface area contributed by atoms with Crippen molar-refractivity contribution in [2.75, 3.05) is 12.0 Å². The lowest BCUT2D eigenvalue weighted by atomic mass is 9.93. The highest BCUT2D eigenvalue weighted by molar-refractivity contribution is 5.96. The molecule has 0 aliphatic carbocycles. The molecule has 0 spiro atoms. The molecule has 1 atom stereocenters. The maximum absolute atomic E-state index is 12.5. The van der Waals surface area contributed by atoms with Gasteiger partial charge in [0.2, 0.25) is 0 Å². The zero-order valence-corrected chi connectivity index (χ0v) is 13.3. The second-order valence-electron chi connectivity index (χ2n) is 5.77. The molecule has 0 bridgehead atoms. The fourth-order valence-corrected chi connectivity index (χ4v) is 3.34. The molecule has 4 rings (SSSR count). The molecule has 1 amide bonds. The van der Waals surface area contributed by atoms with Gasteiger partial charge in [0.05, 0.1) is 18.8 Å². The SMILES string of the molecule is COC(=O)N1c2ccccc2C=C[C@@H]1c1cccc2ccccc12. The van der Waals surface area contributed by atoms with Gasteiger partial charge in [-0.25, -0.2) is 4.79 Å². The lowest BCUT2D eigenvalue weighted by Gasteiger charge is -2.33. The van der Waals surface area contributed by atoms with Crippen LogP contribution in [0.3, 0.4) is 0 Å². The van der Waals surface area contributed by atoms with Gasteiger partial charge in [-0.15, -0.1) is 0 Å². The smallest absolute Gasteiger partial charge is 0.414 e. The molecule has 0 radical (unpaired) electrons. The number of fused-ring (bicyclic) bond motifs is 2. The van der Waals surface area contributed by atoms with Crippen molar-refractivity contribution >= 4 is 28.6 Å². The van der Waals surface area contributed by atoms with Crippen molar-refractivity contribution in [1.29, 1.82) is 0 Å². The Morgan fingerprint density at radius 3 is 2.58 bits per heavy atom. The van der Waals surface area contributed by atoms with Gasteiger partial charge in [-0.3, -0.25) is 4.90 Å². The number of carbonyl (C=O) groups excluding carboxylic acids is 1. The summed E-state index contributed by atoms with van der Waals surface area (Å²) >= 11 is 0. The molecule has 1 aliphatic heterocycles. The average Bonchev–Trinajstić information content (AvgIpc) is 2.66. The number of carbonyl (C=O) groups is 1. The van der Waals surface area contributed by atoms with E-state index in [-0.39, 0.29) is 12.1 Å². The summed E-state index contributed by atoms with van der Waals surface area (Å²) in [5.41, 5.74) is 2.97. The van der Waals surface area contributed by atoms with Crippen LogP contribution in [0.5, 0.6) is 0 Å². The van der Waals surface area contributed by atoms with E-state index >= 15 is 0 Å². The van der Waals surface area contributed by atoms with E-state index < -0.39 is 0 Å². The van der Waals surface area contributed by atoms with Gasteiger partial charge in [-0.2, -0.15) is 0 Å². The maximum atomic E-state index is 12.5. The van der Waals surface area contributed by atoms with E-state index in [4.69, 9.17) is 4.74 Å². The Bertz CT molecular complexity index is 940. The van der Waals surface area contributed by atoms with Crippen molar-refractivity contribution < 1.29 is 9.53 Å². The molecule has 1 heterocycles. The zero-order valence-electron chi connectivity index (χ0n) is 13.3. The van der Waals surface area contributed by atoms with Crippen LogP contribution in [0.1, 0.15) is 17.2 Å². The summed E-state index contributed by atoms with van der Waals surface area (Å²) in [6, 6.07) is 22.1. The third kappa shape index (κ3) is 2.26. The van der Waals surface area contributed by atoms with Gasteiger partial charge in [0, 0.05) is 0 Å². The highest BCUT2D eigenvalue weighted by Gasteiger charge is 2.30. The molecular formula is C21H17NO2. The summed E-state index contributed by atoms with van der Waals surface area (Å²) in [7, 11) is 1.42. The maximum Gasteiger partial charge on any atom is 0.414 e. The van der Waals surface area contributed by atoms with Crippen LogP contribution in [0.25, 0.3) is 16.8 Å². The second kappa shape index (κ2) is 5.85. The summed E-state index contributed by atoms with van der Waals surface area (Å²) in [5.74, 6) is 0. The first kappa shape index (κ1) is 14.5. The third-order valence-corrected chi connectivity index (χ3v) is 4.45. The number of anilines is 1. The summed E-state index contributed by atoms with van der Waals surface area (Å²) in [6.45, 7) is 0. The van der Waals surface area contributed by atoms with Crippen LogP contribution in [0.2, 0.25) is 0 Å². The Kier molecular flexibility index (Phi) is 3.54. The number of amides is 1. The van der Waals surface area contributed by atoms with Gasteiger partial charge < -0.3 is 4.74 Å². The average molecular weight is 315 g/mol. The zero-order chi connectivity index (χ0) is 16.5.